The Balaban J connectivity index is 2.75. The quantitative estimate of drug-likeness (QED) is 0.879. The van der Waals surface area contributed by atoms with Gasteiger partial charge in [0.25, 0.3) is 5.56 Å². The van der Waals surface area contributed by atoms with E-state index >= 15 is 0 Å². The van der Waals surface area contributed by atoms with Gasteiger partial charge in [-0.25, -0.2) is 0 Å². The van der Waals surface area contributed by atoms with Crippen LogP contribution in [0.2, 0.25) is 0 Å². The normalized spacial score (nSPS) is 10.1. The summed E-state index contributed by atoms with van der Waals surface area (Å²) in [6.45, 7) is 3.78. The molecule has 1 aromatic heterocycles. The van der Waals surface area contributed by atoms with Gasteiger partial charge in [-0.1, -0.05) is 28.1 Å². The molecular formula is C14H11BrN2O. The number of hydrogen-bond acceptors (Lipinski definition) is 2. The highest BCUT2D eigenvalue weighted by molar-refractivity contribution is 9.10. The Labute approximate surface area is 113 Å². The summed E-state index contributed by atoms with van der Waals surface area (Å²) in [4.78, 5) is 14.4. The van der Waals surface area contributed by atoms with Crippen molar-refractivity contribution >= 4 is 15.9 Å². The van der Waals surface area contributed by atoms with Crippen LogP contribution >= 0.6 is 15.9 Å². The lowest BCUT2D eigenvalue weighted by molar-refractivity contribution is 1.13. The summed E-state index contributed by atoms with van der Waals surface area (Å²) in [6, 6.07) is 9.56. The molecular weight excluding hydrogens is 292 g/mol. The summed E-state index contributed by atoms with van der Waals surface area (Å²) in [7, 11) is 0. The van der Waals surface area contributed by atoms with Crippen LogP contribution in [0.5, 0.6) is 0 Å². The molecule has 0 spiro atoms. The number of rotatable bonds is 1. The third kappa shape index (κ3) is 2.22. The minimum Gasteiger partial charge on any atom is -0.325 e. The van der Waals surface area contributed by atoms with Crippen LogP contribution in [-0.4, -0.2) is 4.98 Å². The molecule has 1 N–H and O–H groups in total. The Kier molecular flexibility index (Phi) is 3.35. The first kappa shape index (κ1) is 12.6. The second kappa shape index (κ2) is 4.79. The van der Waals surface area contributed by atoms with E-state index in [-0.39, 0.29) is 11.1 Å². The molecule has 2 rings (SSSR count). The van der Waals surface area contributed by atoms with Gasteiger partial charge in [0.05, 0.1) is 0 Å². The van der Waals surface area contributed by atoms with Crippen LogP contribution in [0.15, 0.2) is 33.5 Å². The zero-order valence-corrected chi connectivity index (χ0v) is 11.6. The number of halogens is 1. The molecule has 1 aromatic carbocycles. The Hall–Kier alpha value is -1.86. The zero-order chi connectivity index (χ0) is 13.3. The van der Waals surface area contributed by atoms with E-state index in [1.807, 2.05) is 37.3 Å². The van der Waals surface area contributed by atoms with E-state index in [1.165, 1.54) is 0 Å². The fourth-order valence-electron chi connectivity index (χ4n) is 1.84. The second-order valence-corrected chi connectivity index (χ2v) is 5.00. The second-order valence-electron chi connectivity index (χ2n) is 4.15. The predicted molar refractivity (Wildman–Crippen MR) is 74.4 cm³/mol. The van der Waals surface area contributed by atoms with Gasteiger partial charge in [0.1, 0.15) is 11.6 Å². The maximum atomic E-state index is 11.7. The van der Waals surface area contributed by atoms with Crippen LogP contribution in [0.3, 0.4) is 0 Å². The van der Waals surface area contributed by atoms with Gasteiger partial charge in [-0.05, 0) is 37.1 Å². The molecule has 0 atom stereocenters. The first-order valence-electron chi connectivity index (χ1n) is 5.43. The van der Waals surface area contributed by atoms with Crippen LogP contribution < -0.4 is 5.56 Å². The van der Waals surface area contributed by atoms with Gasteiger partial charge >= 0.3 is 0 Å². The zero-order valence-electron chi connectivity index (χ0n) is 10.0. The van der Waals surface area contributed by atoms with Crippen molar-refractivity contribution in [1.29, 1.82) is 5.26 Å². The van der Waals surface area contributed by atoms with Crippen molar-refractivity contribution in [2.75, 3.05) is 0 Å². The van der Waals surface area contributed by atoms with Crippen molar-refractivity contribution in [2.24, 2.45) is 0 Å². The van der Waals surface area contributed by atoms with E-state index < -0.39 is 0 Å². The highest BCUT2D eigenvalue weighted by Crippen LogP contribution is 2.26. The molecule has 4 heteroatoms. The number of nitrogens with one attached hydrogen (secondary N) is 1. The molecule has 1 heterocycles. The third-order valence-corrected chi connectivity index (χ3v) is 3.64. The van der Waals surface area contributed by atoms with E-state index in [0.717, 1.165) is 21.3 Å². The molecule has 90 valence electrons. The Bertz CT molecular complexity index is 711. The van der Waals surface area contributed by atoms with Crippen LogP contribution in [0.1, 0.15) is 16.8 Å². The molecule has 0 unspecified atom stereocenters. The van der Waals surface area contributed by atoms with E-state index in [2.05, 4.69) is 20.9 Å². The highest BCUT2D eigenvalue weighted by atomic mass is 79.9. The lowest BCUT2D eigenvalue weighted by Gasteiger charge is -2.07. The first-order chi connectivity index (χ1) is 8.52. The Morgan fingerprint density at radius 2 is 2.00 bits per heavy atom. The highest BCUT2D eigenvalue weighted by Gasteiger charge is 2.10. The van der Waals surface area contributed by atoms with Crippen molar-refractivity contribution in [1.82, 2.24) is 4.98 Å². The van der Waals surface area contributed by atoms with Gasteiger partial charge in [-0.3, -0.25) is 4.79 Å². The fraction of sp³-hybridized carbons (Fsp3) is 0.143. The van der Waals surface area contributed by atoms with E-state index in [4.69, 9.17) is 5.26 Å². The monoisotopic (exact) mass is 302 g/mol. The molecule has 0 bridgehead atoms. The van der Waals surface area contributed by atoms with Crippen LogP contribution in [0.25, 0.3) is 11.1 Å². The fourth-order valence-corrected chi connectivity index (χ4v) is 2.09. The average Bonchev–Trinajstić information content (AvgIpc) is 2.32. The number of nitriles is 1. The maximum absolute atomic E-state index is 11.7. The molecule has 0 aliphatic carbocycles. The summed E-state index contributed by atoms with van der Waals surface area (Å²) in [5, 5.41) is 9.10. The number of hydrogen-bond donors (Lipinski definition) is 1. The molecule has 0 fully saturated rings. The molecule has 0 aliphatic rings. The lowest BCUT2D eigenvalue weighted by atomic mass is 9.99. The summed E-state index contributed by atoms with van der Waals surface area (Å²) >= 11 is 3.43. The van der Waals surface area contributed by atoms with E-state index in [0.29, 0.717) is 5.56 Å². The molecule has 0 radical (unpaired) electrons. The van der Waals surface area contributed by atoms with Crippen molar-refractivity contribution in [3.63, 3.8) is 0 Å². The Morgan fingerprint density at radius 3 is 2.61 bits per heavy atom. The number of pyridine rings is 1. The SMILES string of the molecule is Cc1cc(-c2ccc(Br)c(C)c2)c(C#N)c(=O)[nH]1. The molecule has 18 heavy (non-hydrogen) atoms. The smallest absolute Gasteiger partial charge is 0.266 e. The van der Waals surface area contributed by atoms with Gasteiger partial charge in [-0.15, -0.1) is 0 Å². The first-order valence-corrected chi connectivity index (χ1v) is 6.23. The molecule has 0 aliphatic heterocycles. The Morgan fingerprint density at radius 1 is 1.28 bits per heavy atom. The van der Waals surface area contributed by atoms with Gasteiger partial charge in [-0.2, -0.15) is 5.26 Å². The third-order valence-electron chi connectivity index (χ3n) is 2.75. The largest absolute Gasteiger partial charge is 0.325 e. The standard InChI is InChI=1S/C14H11BrN2O/c1-8-5-10(3-4-13(8)15)11-6-9(2)17-14(18)12(11)7-16/h3-6H,1-2H3,(H,17,18). The van der Waals surface area contributed by atoms with E-state index in [9.17, 15) is 4.79 Å². The predicted octanol–water partition coefficient (Wildman–Crippen LogP) is 3.29. The topological polar surface area (TPSA) is 56.6 Å². The summed E-state index contributed by atoms with van der Waals surface area (Å²) in [5.74, 6) is 0. The van der Waals surface area contributed by atoms with Crippen LogP contribution in [0.4, 0.5) is 0 Å². The number of nitrogens with zero attached hydrogens (tertiary/aromatic N) is 1. The van der Waals surface area contributed by atoms with Crippen molar-refractivity contribution in [3.8, 4) is 17.2 Å². The van der Waals surface area contributed by atoms with Gasteiger partial charge in [0.2, 0.25) is 0 Å². The van der Waals surface area contributed by atoms with Gasteiger partial charge in [0.15, 0.2) is 0 Å². The number of aromatic amines is 1. The summed E-state index contributed by atoms with van der Waals surface area (Å²) in [6.07, 6.45) is 0. The van der Waals surface area contributed by atoms with Gasteiger partial charge in [0, 0.05) is 15.7 Å². The van der Waals surface area contributed by atoms with Crippen molar-refractivity contribution in [3.05, 3.63) is 55.9 Å². The van der Waals surface area contributed by atoms with Gasteiger partial charge < -0.3 is 4.98 Å². The minimum absolute atomic E-state index is 0.155. The number of H-pyrrole nitrogens is 1. The number of aryl methyl sites for hydroxylation is 2. The lowest BCUT2D eigenvalue weighted by Crippen LogP contribution is -2.12. The van der Waals surface area contributed by atoms with Crippen LogP contribution in [-0.2, 0) is 0 Å². The number of benzene rings is 1. The van der Waals surface area contributed by atoms with Crippen molar-refractivity contribution in [2.45, 2.75) is 13.8 Å². The maximum Gasteiger partial charge on any atom is 0.266 e. The minimum atomic E-state index is -0.340. The van der Waals surface area contributed by atoms with E-state index in [1.54, 1.807) is 6.92 Å². The molecule has 0 saturated heterocycles. The summed E-state index contributed by atoms with van der Waals surface area (Å²) < 4.78 is 1.01. The summed E-state index contributed by atoms with van der Waals surface area (Å²) in [5.41, 5.74) is 3.18. The molecule has 0 saturated carbocycles. The average molecular weight is 303 g/mol. The molecule has 2 aromatic rings. The number of aromatic nitrogens is 1. The van der Waals surface area contributed by atoms with Crippen LogP contribution in [0, 0.1) is 25.2 Å². The molecule has 3 nitrogen and oxygen atoms in total. The van der Waals surface area contributed by atoms with Crippen molar-refractivity contribution < 1.29 is 0 Å². The molecule has 0 amide bonds.